The third-order valence-electron chi connectivity index (χ3n) is 3.67. The molecule has 1 fully saturated rings. The molecule has 0 aliphatic heterocycles. The van der Waals surface area contributed by atoms with Gasteiger partial charge in [0.25, 0.3) is 0 Å². The average Bonchev–Trinajstić information content (AvgIpc) is 2.80. The van der Waals surface area contributed by atoms with Gasteiger partial charge in [0.1, 0.15) is 5.76 Å². The van der Waals surface area contributed by atoms with Crippen molar-refractivity contribution < 1.29 is 19.1 Å². The summed E-state index contributed by atoms with van der Waals surface area (Å²) in [5.74, 6) is -0.176. The molecule has 0 aromatic carbocycles. The molecular weight excluding hydrogens is 248 g/mol. The summed E-state index contributed by atoms with van der Waals surface area (Å²) < 4.78 is 5.18. The summed E-state index contributed by atoms with van der Waals surface area (Å²) in [7, 11) is 0. The van der Waals surface area contributed by atoms with Gasteiger partial charge in [-0.1, -0.05) is 6.42 Å². The molecule has 6 heteroatoms. The van der Waals surface area contributed by atoms with Gasteiger partial charge in [-0.3, -0.25) is 4.79 Å². The minimum absolute atomic E-state index is 0.166. The van der Waals surface area contributed by atoms with Gasteiger partial charge in [0.15, 0.2) is 0 Å². The second kappa shape index (κ2) is 5.34. The number of carboxylic acid groups (broad SMARTS) is 1. The second-order valence-electron chi connectivity index (χ2n) is 5.00. The van der Waals surface area contributed by atoms with Crippen LogP contribution < -0.4 is 10.6 Å². The summed E-state index contributed by atoms with van der Waals surface area (Å²) >= 11 is 0. The van der Waals surface area contributed by atoms with Crippen molar-refractivity contribution in [1.82, 2.24) is 10.6 Å². The van der Waals surface area contributed by atoms with Gasteiger partial charge >= 0.3 is 12.0 Å². The van der Waals surface area contributed by atoms with E-state index in [4.69, 9.17) is 9.52 Å². The zero-order valence-electron chi connectivity index (χ0n) is 10.8. The molecule has 1 aliphatic rings. The van der Waals surface area contributed by atoms with Crippen LogP contribution in [-0.4, -0.2) is 23.7 Å². The first kappa shape index (κ1) is 13.5. The van der Waals surface area contributed by atoms with Gasteiger partial charge in [-0.2, -0.15) is 0 Å². The van der Waals surface area contributed by atoms with Crippen molar-refractivity contribution in [3.05, 3.63) is 24.2 Å². The Hall–Kier alpha value is -1.98. The zero-order chi connectivity index (χ0) is 13.9. The Balaban J connectivity index is 1.80. The van der Waals surface area contributed by atoms with Crippen LogP contribution in [0.1, 0.15) is 38.0 Å². The first-order chi connectivity index (χ1) is 9.03. The van der Waals surface area contributed by atoms with E-state index in [1.165, 1.54) is 0 Å². The lowest BCUT2D eigenvalue weighted by Crippen LogP contribution is -2.50. The van der Waals surface area contributed by atoms with Crippen molar-refractivity contribution in [2.45, 2.75) is 32.2 Å². The van der Waals surface area contributed by atoms with E-state index in [2.05, 4.69) is 10.6 Å². The summed E-state index contributed by atoms with van der Waals surface area (Å²) in [6.07, 6.45) is 3.68. The van der Waals surface area contributed by atoms with E-state index in [1.807, 2.05) is 0 Å². The van der Waals surface area contributed by atoms with E-state index < -0.39 is 11.4 Å². The number of carboxylic acids is 1. The maximum Gasteiger partial charge on any atom is 0.315 e. The van der Waals surface area contributed by atoms with E-state index >= 15 is 0 Å². The molecule has 1 unspecified atom stereocenters. The fraction of sp³-hybridized carbons (Fsp3) is 0.538. The largest absolute Gasteiger partial charge is 0.481 e. The predicted molar refractivity (Wildman–Crippen MR) is 67.6 cm³/mol. The Labute approximate surface area is 111 Å². The summed E-state index contributed by atoms with van der Waals surface area (Å²) in [5, 5.41) is 14.5. The fourth-order valence-corrected chi connectivity index (χ4v) is 2.18. The van der Waals surface area contributed by atoms with Gasteiger partial charge in [-0.25, -0.2) is 4.79 Å². The highest BCUT2D eigenvalue weighted by molar-refractivity contribution is 5.79. The molecule has 1 aromatic rings. The number of amides is 2. The van der Waals surface area contributed by atoms with E-state index in [1.54, 1.807) is 25.3 Å². The highest BCUT2D eigenvalue weighted by Crippen LogP contribution is 2.40. The average molecular weight is 266 g/mol. The standard InChI is InChI=1S/C13H18N2O4/c1-9(10-4-2-7-19-10)15-12(18)14-8-13(11(16)17)5-3-6-13/h2,4,7,9H,3,5-6,8H2,1H3,(H,16,17)(H2,14,15,18). The van der Waals surface area contributed by atoms with Crippen molar-refractivity contribution in [1.29, 1.82) is 0 Å². The van der Waals surface area contributed by atoms with Gasteiger partial charge in [0.05, 0.1) is 17.7 Å². The molecule has 1 atom stereocenters. The van der Waals surface area contributed by atoms with E-state index in [0.717, 1.165) is 6.42 Å². The first-order valence-corrected chi connectivity index (χ1v) is 6.35. The lowest BCUT2D eigenvalue weighted by atomic mass is 9.69. The van der Waals surface area contributed by atoms with Gasteiger partial charge in [-0.05, 0) is 31.9 Å². The maximum atomic E-state index is 11.7. The number of urea groups is 1. The van der Waals surface area contributed by atoms with Gasteiger partial charge in [-0.15, -0.1) is 0 Å². The Kier molecular flexibility index (Phi) is 3.78. The van der Waals surface area contributed by atoms with Crippen molar-refractivity contribution in [3.8, 4) is 0 Å². The number of carbonyl (C=O) groups is 2. The fourth-order valence-electron chi connectivity index (χ4n) is 2.18. The Bertz CT molecular complexity index is 451. The van der Waals surface area contributed by atoms with Crippen LogP contribution in [0.3, 0.4) is 0 Å². The molecular formula is C13H18N2O4. The topological polar surface area (TPSA) is 91.6 Å². The summed E-state index contributed by atoms with van der Waals surface area (Å²) in [5.41, 5.74) is -0.773. The van der Waals surface area contributed by atoms with Crippen LogP contribution in [0.4, 0.5) is 4.79 Å². The molecule has 0 spiro atoms. The maximum absolute atomic E-state index is 11.7. The molecule has 6 nitrogen and oxygen atoms in total. The zero-order valence-corrected chi connectivity index (χ0v) is 10.8. The van der Waals surface area contributed by atoms with Crippen LogP contribution in [0, 0.1) is 5.41 Å². The highest BCUT2D eigenvalue weighted by Gasteiger charge is 2.44. The van der Waals surface area contributed by atoms with Crippen LogP contribution in [0.15, 0.2) is 22.8 Å². The van der Waals surface area contributed by atoms with Crippen molar-refractivity contribution in [2.75, 3.05) is 6.54 Å². The monoisotopic (exact) mass is 266 g/mol. The molecule has 1 heterocycles. The van der Waals surface area contributed by atoms with Crippen LogP contribution in [0.5, 0.6) is 0 Å². The molecule has 1 aromatic heterocycles. The predicted octanol–water partition coefficient (Wildman–Crippen LogP) is 1.89. The molecule has 104 valence electrons. The molecule has 0 bridgehead atoms. The quantitative estimate of drug-likeness (QED) is 0.759. The molecule has 0 saturated heterocycles. The molecule has 2 amide bonds. The van der Waals surface area contributed by atoms with Crippen LogP contribution in [0.2, 0.25) is 0 Å². The number of nitrogens with one attached hydrogen (secondary N) is 2. The second-order valence-corrected chi connectivity index (χ2v) is 5.00. The van der Waals surface area contributed by atoms with E-state index in [9.17, 15) is 9.59 Å². The number of furan rings is 1. The lowest BCUT2D eigenvalue weighted by molar-refractivity contribution is -0.153. The molecule has 1 aliphatic carbocycles. The molecule has 0 radical (unpaired) electrons. The smallest absolute Gasteiger partial charge is 0.315 e. The van der Waals surface area contributed by atoms with Crippen molar-refractivity contribution in [3.63, 3.8) is 0 Å². The molecule has 3 N–H and O–H groups in total. The Morgan fingerprint density at radius 2 is 2.26 bits per heavy atom. The third-order valence-corrected chi connectivity index (χ3v) is 3.67. The van der Waals surface area contributed by atoms with Crippen molar-refractivity contribution in [2.24, 2.45) is 5.41 Å². The molecule has 1 saturated carbocycles. The minimum atomic E-state index is -0.835. The number of rotatable bonds is 5. The van der Waals surface area contributed by atoms with Gasteiger partial charge in [0.2, 0.25) is 0 Å². The first-order valence-electron chi connectivity index (χ1n) is 6.35. The normalized spacial score (nSPS) is 18.2. The van der Waals surface area contributed by atoms with Gasteiger partial charge in [0, 0.05) is 6.54 Å². The van der Waals surface area contributed by atoms with E-state index in [0.29, 0.717) is 18.6 Å². The molecule has 19 heavy (non-hydrogen) atoms. The summed E-state index contributed by atoms with van der Waals surface area (Å²) in [4.78, 5) is 22.8. The lowest BCUT2D eigenvalue weighted by Gasteiger charge is -2.37. The number of hydrogen-bond donors (Lipinski definition) is 3. The van der Waals surface area contributed by atoms with Crippen molar-refractivity contribution >= 4 is 12.0 Å². The van der Waals surface area contributed by atoms with Gasteiger partial charge < -0.3 is 20.2 Å². The molecule has 2 rings (SSSR count). The third kappa shape index (κ3) is 2.89. The number of hydrogen-bond acceptors (Lipinski definition) is 3. The Morgan fingerprint density at radius 1 is 1.53 bits per heavy atom. The van der Waals surface area contributed by atoms with Crippen LogP contribution in [0.25, 0.3) is 0 Å². The summed E-state index contributed by atoms with van der Waals surface area (Å²) in [6.45, 7) is 1.97. The van der Waals surface area contributed by atoms with Crippen LogP contribution >= 0.6 is 0 Å². The van der Waals surface area contributed by atoms with Crippen LogP contribution in [-0.2, 0) is 4.79 Å². The SMILES string of the molecule is CC(NC(=O)NCC1(C(=O)O)CCC1)c1ccco1. The summed E-state index contributed by atoms with van der Waals surface area (Å²) in [6, 6.07) is 2.89. The Morgan fingerprint density at radius 3 is 2.74 bits per heavy atom. The highest BCUT2D eigenvalue weighted by atomic mass is 16.4. The number of aliphatic carboxylic acids is 1. The minimum Gasteiger partial charge on any atom is -0.481 e. The number of carbonyl (C=O) groups excluding carboxylic acids is 1. The van der Waals surface area contributed by atoms with E-state index in [-0.39, 0.29) is 18.6 Å².